The number of hydrogen-bond donors (Lipinski definition) is 0. The van der Waals surface area contributed by atoms with Gasteiger partial charge in [0.25, 0.3) is 0 Å². The Morgan fingerprint density at radius 3 is 1.25 bits per heavy atom. The van der Waals surface area contributed by atoms with E-state index in [1.165, 1.54) is 5.92 Å². The summed E-state index contributed by atoms with van der Waals surface area (Å²) in [6.45, 7) is 8.72. The van der Waals surface area contributed by atoms with Crippen LogP contribution in [0.2, 0.25) is 0 Å². The van der Waals surface area contributed by atoms with E-state index in [0.29, 0.717) is 0 Å². The second kappa shape index (κ2) is 8.06. The van der Waals surface area contributed by atoms with Gasteiger partial charge >= 0.3 is 23.1 Å². The molecule has 0 aliphatic heterocycles. The molecule has 0 aliphatic rings. The van der Waals surface area contributed by atoms with Crippen molar-refractivity contribution in [3.8, 4) is 0 Å². The van der Waals surface area contributed by atoms with Crippen LogP contribution in [0.5, 0.6) is 0 Å². The summed E-state index contributed by atoms with van der Waals surface area (Å²) >= 11 is 0. The van der Waals surface area contributed by atoms with Crippen LogP contribution < -0.4 is 12.4 Å². The first-order valence-electron chi connectivity index (χ1n) is 2.44. The van der Waals surface area contributed by atoms with Crippen molar-refractivity contribution in [3.05, 3.63) is 5.92 Å². The van der Waals surface area contributed by atoms with Crippen LogP contribution >= 0.6 is 0 Å². The van der Waals surface area contributed by atoms with Gasteiger partial charge in [-0.25, -0.2) is 0 Å². The second-order valence-electron chi connectivity index (χ2n) is 2.23. The van der Waals surface area contributed by atoms with Crippen molar-refractivity contribution in [1.82, 2.24) is 0 Å². The van der Waals surface area contributed by atoms with Crippen molar-refractivity contribution in [2.45, 2.75) is 27.7 Å². The van der Waals surface area contributed by atoms with Crippen molar-refractivity contribution < 1.29 is 12.4 Å². The maximum absolute atomic E-state index is 2.20. The fourth-order valence-corrected chi connectivity index (χ4v) is 0. The van der Waals surface area contributed by atoms with Gasteiger partial charge in [-0.2, -0.15) is 19.8 Å². The first-order valence-corrected chi connectivity index (χ1v) is 2.44. The van der Waals surface area contributed by atoms with Gasteiger partial charge in [-0.15, -0.1) is 0 Å². The van der Waals surface area contributed by atoms with E-state index in [0.717, 1.165) is 5.92 Å². The van der Waals surface area contributed by atoms with E-state index < -0.39 is 0 Å². The zero-order valence-electron chi connectivity index (χ0n) is 6.16. The van der Waals surface area contributed by atoms with Crippen LogP contribution in [0.3, 0.4) is 0 Å². The summed E-state index contributed by atoms with van der Waals surface area (Å²) in [5, 5.41) is 0. The zero-order chi connectivity index (χ0) is 5.15. The van der Waals surface area contributed by atoms with Gasteiger partial charge in [-0.1, -0.05) is 13.8 Å². The largest absolute Gasteiger partial charge is 2.00 e. The molecule has 0 aliphatic carbocycles. The van der Waals surface area contributed by atoms with E-state index in [9.17, 15) is 0 Å². The van der Waals surface area contributed by atoms with Crippen LogP contribution in [-0.4, -0.2) is 23.1 Å². The van der Waals surface area contributed by atoms with Crippen LogP contribution in [0.4, 0.5) is 0 Å². The molecule has 0 aromatic carbocycles. The van der Waals surface area contributed by atoms with Crippen molar-refractivity contribution in [2.75, 3.05) is 0 Å². The molecule has 0 saturated carbocycles. The third-order valence-corrected chi connectivity index (χ3v) is 1.15. The molecule has 0 spiro atoms. The average Bonchev–Trinajstić information content (AvgIpc) is 1.36. The molecular formula is C6H13ClMg. The van der Waals surface area contributed by atoms with E-state index in [2.05, 4.69) is 27.7 Å². The second-order valence-corrected chi connectivity index (χ2v) is 2.23. The third-order valence-electron chi connectivity index (χ3n) is 1.15. The quantitative estimate of drug-likeness (QED) is 0.324. The molecule has 8 heavy (non-hydrogen) atoms. The van der Waals surface area contributed by atoms with Gasteiger partial charge in [-0.3, -0.25) is 0 Å². The third kappa shape index (κ3) is 10.1. The Bertz CT molecular complexity index is 29.5. The molecule has 0 aromatic heterocycles. The Labute approximate surface area is 75.0 Å². The van der Waals surface area contributed by atoms with Crippen molar-refractivity contribution in [3.63, 3.8) is 0 Å². The fraction of sp³-hybridized carbons (Fsp3) is 0.833. The van der Waals surface area contributed by atoms with Crippen molar-refractivity contribution in [1.29, 1.82) is 0 Å². The van der Waals surface area contributed by atoms with Crippen LogP contribution in [0, 0.1) is 11.8 Å². The smallest absolute Gasteiger partial charge is 1.00 e. The van der Waals surface area contributed by atoms with Gasteiger partial charge in [-0.05, 0) is 0 Å². The minimum absolute atomic E-state index is 0. The Morgan fingerprint density at radius 2 is 1.25 bits per heavy atom. The van der Waals surface area contributed by atoms with Crippen LogP contribution in [0.25, 0.3) is 0 Å². The molecule has 0 N–H and O–H groups in total. The monoisotopic (exact) mass is 144 g/mol. The minimum atomic E-state index is 0. The molecule has 0 bridgehead atoms. The molecule has 0 saturated heterocycles. The Kier molecular flexibility index (Phi) is 16.1. The normalized spacial score (nSPS) is 8.25. The van der Waals surface area contributed by atoms with Crippen LogP contribution in [0.1, 0.15) is 27.7 Å². The summed E-state index contributed by atoms with van der Waals surface area (Å²) in [5.41, 5.74) is 0. The SMILES string of the molecule is C[C-](C)C(C)C.[Cl-].[Mg+2]. The standard InChI is InChI=1S/C6H13.ClH.Mg/c1-5(2)6(3)4;;/h5H,1-4H3;1H;/q-1;;+2/p-1. The summed E-state index contributed by atoms with van der Waals surface area (Å²) in [6, 6.07) is 0. The summed E-state index contributed by atoms with van der Waals surface area (Å²) < 4.78 is 0. The van der Waals surface area contributed by atoms with Gasteiger partial charge in [0.2, 0.25) is 0 Å². The maximum atomic E-state index is 2.20. The molecule has 0 fully saturated rings. The molecular weight excluding hydrogens is 132 g/mol. The first-order chi connectivity index (χ1) is 2.64. The molecule has 0 aromatic rings. The average molecular weight is 145 g/mol. The van der Waals surface area contributed by atoms with Gasteiger partial charge in [0.15, 0.2) is 0 Å². The fourth-order valence-electron chi connectivity index (χ4n) is 0. The van der Waals surface area contributed by atoms with Crippen LogP contribution in [-0.2, 0) is 0 Å². The number of rotatable bonds is 1. The van der Waals surface area contributed by atoms with Gasteiger partial charge in [0.05, 0.1) is 0 Å². The molecule has 0 nitrogen and oxygen atoms in total. The molecule has 2 heteroatoms. The number of hydrogen-bond acceptors (Lipinski definition) is 0. The van der Waals surface area contributed by atoms with E-state index in [1.807, 2.05) is 0 Å². The van der Waals surface area contributed by atoms with Crippen molar-refractivity contribution in [2.24, 2.45) is 5.92 Å². The van der Waals surface area contributed by atoms with E-state index in [-0.39, 0.29) is 35.5 Å². The van der Waals surface area contributed by atoms with Gasteiger partial charge in [0, 0.05) is 0 Å². The van der Waals surface area contributed by atoms with Gasteiger partial charge < -0.3 is 18.3 Å². The Morgan fingerprint density at radius 1 is 1.12 bits per heavy atom. The summed E-state index contributed by atoms with van der Waals surface area (Å²) in [7, 11) is 0. The zero-order valence-corrected chi connectivity index (χ0v) is 8.33. The van der Waals surface area contributed by atoms with E-state index >= 15 is 0 Å². The minimum Gasteiger partial charge on any atom is -1.00 e. The van der Waals surface area contributed by atoms with E-state index in [4.69, 9.17) is 0 Å². The molecule has 0 heterocycles. The summed E-state index contributed by atoms with van der Waals surface area (Å²) in [5.74, 6) is 2.28. The maximum Gasteiger partial charge on any atom is 2.00 e. The van der Waals surface area contributed by atoms with E-state index in [1.54, 1.807) is 0 Å². The molecule has 0 radical (unpaired) electrons. The Hall–Kier alpha value is 1.06. The first kappa shape index (κ1) is 16.0. The summed E-state index contributed by atoms with van der Waals surface area (Å²) in [6.07, 6.45) is 0. The molecule has 46 valence electrons. The molecule has 0 rings (SSSR count). The molecule has 0 atom stereocenters. The Balaban J connectivity index is -0.000000125. The predicted octanol–water partition coefficient (Wildman–Crippen LogP) is -1.12. The molecule has 0 unspecified atom stereocenters. The number of halogens is 1. The topological polar surface area (TPSA) is 0 Å². The van der Waals surface area contributed by atoms with Crippen molar-refractivity contribution >= 4 is 23.1 Å². The van der Waals surface area contributed by atoms with Gasteiger partial charge in [0.1, 0.15) is 0 Å². The van der Waals surface area contributed by atoms with Crippen LogP contribution in [0.15, 0.2) is 0 Å². The molecule has 0 amide bonds. The summed E-state index contributed by atoms with van der Waals surface area (Å²) in [4.78, 5) is 0. The predicted molar refractivity (Wildman–Crippen MR) is 35.2 cm³/mol.